The van der Waals surface area contributed by atoms with E-state index < -0.39 is 135 Å². The van der Waals surface area contributed by atoms with Gasteiger partial charge in [-0.05, 0) is 88.5 Å². The van der Waals surface area contributed by atoms with Crippen LogP contribution in [0, 0.1) is 17.8 Å². The number of nitrogens with one attached hydrogen (secondary N) is 1. The van der Waals surface area contributed by atoms with E-state index in [1.807, 2.05) is 32.1 Å². The zero-order valence-electron chi connectivity index (χ0n) is 45.8. The number of carbonyl (C=O) groups is 3. The Labute approximate surface area is 463 Å². The Morgan fingerprint density at radius 3 is 1.89 bits per heavy atom. The molecule has 3 heterocycles. The largest absolute Gasteiger partial charge is 0.481 e. The highest BCUT2D eigenvalue weighted by Crippen LogP contribution is 2.38. The predicted octanol–water partition coefficient (Wildman–Crippen LogP) is 3.57. The molecule has 2 bridgehead atoms. The molecule has 3 aliphatic heterocycles. The number of carbonyl (C=O) groups excluding carboxylic acids is 2. The molecule has 0 spiro atoms. The maximum atomic E-state index is 13.3. The van der Waals surface area contributed by atoms with E-state index in [1.54, 1.807) is 92.1 Å². The van der Waals surface area contributed by atoms with Crippen molar-refractivity contribution < 1.29 is 89.5 Å². The average Bonchev–Trinajstić information content (AvgIpc) is 3.40. The van der Waals surface area contributed by atoms with Gasteiger partial charge in [0.15, 0.2) is 17.9 Å². The molecular formula is C59H88N2O18. The number of cyclic esters (lactones) is 1. The van der Waals surface area contributed by atoms with E-state index in [-0.39, 0.29) is 75.4 Å². The van der Waals surface area contributed by atoms with Gasteiger partial charge in [-0.3, -0.25) is 14.4 Å². The number of ketones is 1. The first-order valence-corrected chi connectivity index (χ1v) is 27.5. The van der Waals surface area contributed by atoms with Crippen LogP contribution in [0.5, 0.6) is 0 Å². The van der Waals surface area contributed by atoms with Crippen LogP contribution in [0.2, 0.25) is 0 Å². The number of anilines is 1. The summed E-state index contributed by atoms with van der Waals surface area (Å²) < 4.78 is 23.8. The number of carboxylic acids is 1. The third-order valence-corrected chi connectivity index (χ3v) is 14.5. The lowest BCUT2D eigenvalue weighted by Gasteiger charge is -2.45. The third-order valence-electron chi connectivity index (χ3n) is 14.5. The molecule has 14 N–H and O–H groups in total. The van der Waals surface area contributed by atoms with E-state index in [0.717, 1.165) is 5.69 Å². The molecule has 0 aromatic heterocycles. The Hall–Kier alpha value is -4.75. The highest BCUT2D eigenvalue weighted by molar-refractivity contribution is 5.96. The topological polar surface area (TPSA) is 349 Å². The van der Waals surface area contributed by atoms with Gasteiger partial charge in [-0.1, -0.05) is 98.9 Å². The number of benzene rings is 1. The summed E-state index contributed by atoms with van der Waals surface area (Å²) in [5.74, 6) is -6.77. The molecule has 79 heavy (non-hydrogen) atoms. The number of aliphatic hydroxyl groups excluding tert-OH is 9. The second kappa shape index (κ2) is 33.9. The van der Waals surface area contributed by atoms with Gasteiger partial charge in [0.25, 0.3) is 0 Å². The number of carboxylic acid groups (broad SMARTS) is 1. The number of hydrogen-bond donors (Lipinski definition) is 13. The highest BCUT2D eigenvalue weighted by atomic mass is 16.7. The molecule has 0 saturated carbocycles. The molecule has 3 aliphatic rings. The summed E-state index contributed by atoms with van der Waals surface area (Å²) in [7, 11) is 1.78. The first-order chi connectivity index (χ1) is 37.5. The molecule has 0 aliphatic carbocycles. The molecule has 2 fully saturated rings. The first kappa shape index (κ1) is 66.8. The second-order valence-corrected chi connectivity index (χ2v) is 21.4. The van der Waals surface area contributed by atoms with Gasteiger partial charge in [-0.15, -0.1) is 0 Å². The van der Waals surface area contributed by atoms with Gasteiger partial charge in [0, 0.05) is 49.9 Å². The lowest BCUT2D eigenvalue weighted by molar-refractivity contribution is -0.308. The van der Waals surface area contributed by atoms with Crippen LogP contribution in [0.3, 0.4) is 0 Å². The summed E-state index contributed by atoms with van der Waals surface area (Å²) in [6.45, 7) is 5.31. The van der Waals surface area contributed by atoms with Crippen LogP contribution in [-0.2, 0) is 28.5 Å². The fourth-order valence-electron chi connectivity index (χ4n) is 10.1. The van der Waals surface area contributed by atoms with Crippen LogP contribution in [0.25, 0.3) is 0 Å². The average molecular weight is 1110 g/mol. The van der Waals surface area contributed by atoms with Crippen molar-refractivity contribution in [2.45, 2.75) is 202 Å². The number of aliphatic carboxylic acids is 1. The van der Waals surface area contributed by atoms with E-state index in [0.29, 0.717) is 12.0 Å². The number of fused-ring (bicyclic) bond motifs is 2. The van der Waals surface area contributed by atoms with Crippen LogP contribution < -0.4 is 11.1 Å². The number of rotatable bonds is 11. The minimum atomic E-state index is -2.29. The molecule has 1 aromatic rings. The first-order valence-electron chi connectivity index (χ1n) is 27.5. The number of esters is 1. The Morgan fingerprint density at radius 2 is 1.30 bits per heavy atom. The highest BCUT2D eigenvalue weighted by Gasteiger charge is 2.51. The van der Waals surface area contributed by atoms with Crippen molar-refractivity contribution in [3.05, 3.63) is 115 Å². The maximum absolute atomic E-state index is 13.3. The zero-order chi connectivity index (χ0) is 58.2. The fraction of sp³-hybridized carbons (Fsp3) is 0.610. The molecule has 2 saturated heterocycles. The number of allylic oxidation sites excluding steroid dienone is 12. The molecule has 19 atom stereocenters. The van der Waals surface area contributed by atoms with Crippen molar-refractivity contribution >= 4 is 23.4 Å². The normalized spacial score (nSPS) is 35.5. The summed E-state index contributed by atoms with van der Waals surface area (Å²) in [4.78, 5) is 38.8. The minimum Gasteiger partial charge on any atom is -0.481 e. The van der Waals surface area contributed by atoms with Crippen molar-refractivity contribution in [2.24, 2.45) is 23.5 Å². The summed E-state index contributed by atoms with van der Waals surface area (Å²) >= 11 is 0. The Bertz CT molecular complexity index is 2220. The van der Waals surface area contributed by atoms with E-state index in [9.17, 15) is 70.6 Å². The molecule has 442 valence electrons. The van der Waals surface area contributed by atoms with E-state index in [2.05, 4.69) is 5.32 Å². The van der Waals surface area contributed by atoms with Crippen molar-refractivity contribution in [3.8, 4) is 0 Å². The van der Waals surface area contributed by atoms with Gasteiger partial charge >= 0.3 is 11.9 Å². The molecule has 15 unspecified atom stereocenters. The number of Topliss-reactive ketones (excluding diaryl/α,β-unsaturated/α-hetero) is 1. The molecule has 0 amide bonds. The quantitative estimate of drug-likeness (QED) is 0.111. The van der Waals surface area contributed by atoms with Crippen molar-refractivity contribution in [1.29, 1.82) is 0 Å². The lowest BCUT2D eigenvalue weighted by Crippen LogP contribution is -2.61. The number of aliphatic hydroxyl groups is 10. The molecule has 20 nitrogen and oxygen atoms in total. The maximum Gasteiger partial charge on any atom is 0.311 e. The van der Waals surface area contributed by atoms with Crippen LogP contribution in [0.1, 0.15) is 115 Å². The van der Waals surface area contributed by atoms with E-state index in [4.69, 9.17) is 24.7 Å². The number of hydrogen-bond acceptors (Lipinski definition) is 19. The summed E-state index contributed by atoms with van der Waals surface area (Å²) in [5.41, 5.74) is 7.39. The Balaban J connectivity index is 1.52. The predicted molar refractivity (Wildman–Crippen MR) is 295 cm³/mol. The van der Waals surface area contributed by atoms with Crippen molar-refractivity contribution in [1.82, 2.24) is 0 Å². The fourth-order valence-corrected chi connectivity index (χ4v) is 10.1. The van der Waals surface area contributed by atoms with Crippen LogP contribution in [-0.4, -0.2) is 178 Å². The van der Waals surface area contributed by atoms with Gasteiger partial charge in [0.1, 0.15) is 18.1 Å². The smallest absolute Gasteiger partial charge is 0.311 e. The molecular weight excluding hydrogens is 1020 g/mol. The van der Waals surface area contributed by atoms with E-state index in [1.165, 1.54) is 13.0 Å². The molecule has 20 heteroatoms. The standard InChI is InChI=1S/C59H88N2O18/c1-36-18-15-13-11-9-7-5-6-8-10-12-14-16-21-47(77-58-55(72)53(60)54(71)38(3)76-58)33-50-52(57(73)74)49(69)35-59(75,79-50)34-46(67)30-44(65)28-41(62)19-17-20-42(63)29-45(66)32-51(70)78-56(36)37(2)22-27-43(64)31-48(68)39-23-25-40(61-4)26-24-39/h5-16,18,21,23-26,36-38,41-47,49-50,52-56,58,61-67,69,71-72,75H,17,19-20,22,27-35,60H2,1-4H3,(H,73,74)/t36?,37?,38-,41?,42?,43?,44?,45?,46?,47?,49?,50?,52?,53+,54-,55+,56?,58?,59?/m1/s1. The van der Waals surface area contributed by atoms with Gasteiger partial charge in [0.2, 0.25) is 0 Å². The van der Waals surface area contributed by atoms with Gasteiger partial charge in [0.05, 0.1) is 79.6 Å². The summed E-state index contributed by atoms with van der Waals surface area (Å²) in [6, 6.07) is 5.82. The summed E-state index contributed by atoms with van der Waals surface area (Å²) in [5, 5.41) is 122. The van der Waals surface area contributed by atoms with Gasteiger partial charge in [-0.25, -0.2) is 0 Å². The lowest BCUT2D eigenvalue weighted by atomic mass is 9.82. The zero-order valence-corrected chi connectivity index (χ0v) is 45.8. The van der Waals surface area contributed by atoms with Crippen LogP contribution >= 0.6 is 0 Å². The van der Waals surface area contributed by atoms with Gasteiger partial charge < -0.3 is 86.2 Å². The third kappa shape index (κ3) is 23.3. The second-order valence-electron chi connectivity index (χ2n) is 21.4. The minimum absolute atomic E-state index is 0.0782. The van der Waals surface area contributed by atoms with Gasteiger partial charge in [-0.2, -0.15) is 0 Å². The molecule has 0 radical (unpaired) electrons. The molecule has 1 aromatic carbocycles. The van der Waals surface area contributed by atoms with Crippen LogP contribution in [0.4, 0.5) is 5.69 Å². The van der Waals surface area contributed by atoms with Crippen molar-refractivity contribution in [3.63, 3.8) is 0 Å². The van der Waals surface area contributed by atoms with E-state index >= 15 is 0 Å². The monoisotopic (exact) mass is 1110 g/mol. The number of ether oxygens (including phenoxy) is 4. The van der Waals surface area contributed by atoms with Crippen molar-refractivity contribution in [2.75, 3.05) is 12.4 Å². The summed E-state index contributed by atoms with van der Waals surface area (Å²) in [6.07, 6.45) is 6.09. The Morgan fingerprint density at radius 1 is 0.747 bits per heavy atom. The van der Waals surface area contributed by atoms with Crippen LogP contribution in [0.15, 0.2) is 109 Å². The SMILES string of the molecule is CNc1ccc(C(=O)CC(O)CCC(C)C2OC(=O)CC(O)CC(O)CCCC(O)CC(O)CC(O)CC3(O)CC(O)C(C(=O)O)C(CC(OC4O[C@H](C)[C@@H](O)[C@H](N)[C@@H]4O)C=CC=CC=CC=CC=CC=CC=CC2C)O3)cc1. The number of nitrogens with two attached hydrogens (primary N) is 1. The Kier molecular flexibility index (Phi) is 28.6. The molecule has 4 rings (SSSR count).